The number of fused-ring (bicyclic) bond motifs is 1. The predicted molar refractivity (Wildman–Crippen MR) is 135 cm³/mol. The molecule has 172 valence electrons. The highest BCUT2D eigenvalue weighted by Gasteiger charge is 2.44. The van der Waals surface area contributed by atoms with E-state index >= 15 is 0 Å². The van der Waals surface area contributed by atoms with Gasteiger partial charge in [0.15, 0.2) is 24.5 Å². The fourth-order valence-electron chi connectivity index (χ4n) is 3.28. The van der Waals surface area contributed by atoms with Crippen LogP contribution in [0.4, 0.5) is 5.82 Å². The van der Waals surface area contributed by atoms with Crippen molar-refractivity contribution in [2.75, 3.05) is 23.8 Å². The van der Waals surface area contributed by atoms with Crippen molar-refractivity contribution in [2.24, 2.45) is 0 Å². The number of imidazole rings is 1. The van der Waals surface area contributed by atoms with Gasteiger partial charge >= 0.3 is 0 Å². The number of aromatic nitrogens is 4. The monoisotopic (exact) mass is 519 g/mol. The molecule has 2 aromatic rings. The molecule has 13 heteroatoms. The van der Waals surface area contributed by atoms with Gasteiger partial charge in [-0.1, -0.05) is 43.5 Å². The summed E-state index contributed by atoms with van der Waals surface area (Å²) in [4.78, 5) is 12.8. The molecule has 2 saturated heterocycles. The van der Waals surface area contributed by atoms with Crippen molar-refractivity contribution < 1.29 is 13.7 Å². The number of nitrogens with zero attached hydrogens (tertiary/aromatic N) is 4. The average Bonchev–Trinajstić information content (AvgIpc) is 3.38. The van der Waals surface area contributed by atoms with Crippen molar-refractivity contribution in [3.05, 3.63) is 12.7 Å². The fourth-order valence-corrected chi connectivity index (χ4v) is 13.7. The van der Waals surface area contributed by atoms with Crippen molar-refractivity contribution in [2.45, 2.75) is 63.8 Å². The van der Waals surface area contributed by atoms with E-state index in [1.807, 2.05) is 4.57 Å². The Kier molecular flexibility index (Phi) is 6.85. The Bertz CT molecular complexity index is 991. The smallest absolute Gasteiger partial charge is 0.192 e. The lowest BCUT2D eigenvalue weighted by Gasteiger charge is -2.37. The number of ether oxygens (including phenoxy) is 1. The van der Waals surface area contributed by atoms with Crippen LogP contribution in [0.15, 0.2) is 12.7 Å². The molecule has 0 bridgehead atoms. The lowest BCUT2D eigenvalue weighted by molar-refractivity contribution is -0.0348. The van der Waals surface area contributed by atoms with Crippen LogP contribution in [0.3, 0.4) is 0 Å². The van der Waals surface area contributed by atoms with E-state index in [-0.39, 0.29) is 23.5 Å². The van der Waals surface area contributed by atoms with Gasteiger partial charge in [0, 0.05) is 17.9 Å². The highest BCUT2D eigenvalue weighted by Crippen LogP contribution is 2.75. The Hall–Kier alpha value is -0.203. The van der Waals surface area contributed by atoms with Crippen molar-refractivity contribution >= 4 is 64.5 Å². The molecule has 0 unspecified atom stereocenters. The van der Waals surface area contributed by atoms with Crippen LogP contribution in [0.5, 0.6) is 0 Å². The van der Waals surface area contributed by atoms with E-state index in [1.165, 1.54) is 6.33 Å². The largest absolute Gasteiger partial charge is 0.414 e. The zero-order valence-corrected chi connectivity index (χ0v) is 22.8. The minimum absolute atomic E-state index is 0.125. The van der Waals surface area contributed by atoms with Crippen LogP contribution in [0.1, 0.15) is 33.4 Å². The Balaban J connectivity index is 1.56. The van der Waals surface area contributed by atoms with Crippen molar-refractivity contribution in [3.63, 3.8) is 0 Å². The summed E-state index contributed by atoms with van der Waals surface area (Å²) in [6.07, 6.45) is 3.24. The maximum absolute atomic E-state index is 6.56. The van der Waals surface area contributed by atoms with E-state index in [2.05, 4.69) is 48.8 Å². The fraction of sp³-hybridized carbons (Fsp3) is 0.722. The summed E-state index contributed by atoms with van der Waals surface area (Å²) in [5.74, 6) is 2.46. The molecule has 8 nitrogen and oxygen atoms in total. The third kappa shape index (κ3) is 5.01. The summed E-state index contributed by atoms with van der Waals surface area (Å²) in [5.41, 5.74) is 7.21. The van der Waals surface area contributed by atoms with E-state index in [4.69, 9.17) is 31.2 Å². The van der Waals surface area contributed by atoms with Crippen molar-refractivity contribution in [1.82, 2.24) is 19.5 Å². The van der Waals surface area contributed by atoms with E-state index in [0.717, 1.165) is 11.5 Å². The van der Waals surface area contributed by atoms with Gasteiger partial charge in [0.25, 0.3) is 0 Å². The van der Waals surface area contributed by atoms with E-state index < -0.39 is 13.0 Å². The van der Waals surface area contributed by atoms with E-state index in [0.29, 0.717) is 30.0 Å². The molecule has 2 fully saturated rings. The molecule has 0 spiro atoms. The molecule has 0 aliphatic carbocycles. The Morgan fingerprint density at radius 3 is 2.68 bits per heavy atom. The standard InChI is InChI=1S/C18H30N5O3PS3Si/c1-18(2,3)31(4,5)24-9-13-12(26-27(28)29-6-7-30-27)8-14(25-13)23-11-22-15-16(19)20-10-21-17(15)23/h10-14H,6-9H2,1-5H3,(H2,19,20,21)/t12-,13+,14+/m0/s1. The predicted octanol–water partition coefficient (Wildman–Crippen LogP) is 4.81. The Morgan fingerprint density at radius 2 is 2.00 bits per heavy atom. The summed E-state index contributed by atoms with van der Waals surface area (Å²) in [6, 6.07) is 0. The quantitative estimate of drug-likeness (QED) is 0.423. The van der Waals surface area contributed by atoms with Gasteiger partial charge in [0.2, 0.25) is 0 Å². The summed E-state index contributed by atoms with van der Waals surface area (Å²) >= 11 is 9.45. The second-order valence-electron chi connectivity index (χ2n) is 9.28. The number of hydrogen-bond donors (Lipinski definition) is 1. The van der Waals surface area contributed by atoms with Crippen LogP contribution < -0.4 is 5.73 Å². The molecule has 0 amide bonds. The summed E-state index contributed by atoms with van der Waals surface area (Å²) in [5, 5.41) is 0.125. The average molecular weight is 520 g/mol. The minimum Gasteiger partial charge on any atom is -0.414 e. The van der Waals surface area contributed by atoms with Gasteiger partial charge in [0.05, 0.1) is 19.0 Å². The second-order valence-corrected chi connectivity index (χ2v) is 24.8. The van der Waals surface area contributed by atoms with Crippen molar-refractivity contribution in [1.29, 1.82) is 0 Å². The number of nitrogens with two attached hydrogens (primary N) is 1. The zero-order valence-electron chi connectivity index (χ0n) is 18.5. The SMILES string of the molecule is CC(C)(C)[Si](C)(C)OC[C@H]1O[C@@H](n2cnc3c(N)ncnc32)C[C@@H]1OP1(=S)SCCS1. The number of rotatable bonds is 6. The molecule has 0 radical (unpaired) electrons. The van der Waals surface area contributed by atoms with Gasteiger partial charge in [-0.3, -0.25) is 4.57 Å². The highest BCUT2D eigenvalue weighted by atomic mass is 33.2. The first-order chi connectivity index (χ1) is 14.5. The van der Waals surface area contributed by atoms with Crippen LogP contribution in [0.2, 0.25) is 18.1 Å². The van der Waals surface area contributed by atoms with Crippen LogP contribution >= 0.6 is 27.4 Å². The topological polar surface area (TPSA) is 97.3 Å². The van der Waals surface area contributed by atoms with Gasteiger partial charge in [-0.15, -0.1) is 0 Å². The van der Waals surface area contributed by atoms with Gasteiger partial charge in [-0.2, -0.15) is 0 Å². The lowest BCUT2D eigenvalue weighted by Crippen LogP contribution is -2.44. The first-order valence-electron chi connectivity index (χ1n) is 10.3. The molecule has 31 heavy (non-hydrogen) atoms. The van der Waals surface area contributed by atoms with Crippen LogP contribution in [-0.4, -0.2) is 58.2 Å². The number of nitrogen functional groups attached to an aromatic ring is 1. The first-order valence-corrected chi connectivity index (χ1v) is 19.1. The molecular weight excluding hydrogens is 489 g/mol. The lowest BCUT2D eigenvalue weighted by atomic mass is 10.2. The molecule has 4 heterocycles. The molecule has 2 N–H and O–H groups in total. The van der Waals surface area contributed by atoms with Crippen LogP contribution in [0, 0.1) is 0 Å². The second kappa shape index (κ2) is 8.86. The first kappa shape index (κ1) is 23.9. The van der Waals surface area contributed by atoms with E-state index in [9.17, 15) is 0 Å². The highest BCUT2D eigenvalue weighted by molar-refractivity contribution is 9.00. The molecule has 4 rings (SSSR count). The molecule has 3 atom stereocenters. The maximum atomic E-state index is 6.56. The molecular formula is C18H30N5O3PS3Si. The summed E-state index contributed by atoms with van der Waals surface area (Å²) in [7, 11) is -1.92. The van der Waals surface area contributed by atoms with Gasteiger partial charge in [-0.25, -0.2) is 15.0 Å². The maximum Gasteiger partial charge on any atom is 0.192 e. The molecule has 2 aromatic heterocycles. The van der Waals surface area contributed by atoms with Crippen LogP contribution in [0.25, 0.3) is 11.2 Å². The zero-order chi connectivity index (χ0) is 22.4. The normalized spacial score (nSPS) is 26.7. The van der Waals surface area contributed by atoms with Crippen LogP contribution in [-0.2, 0) is 25.5 Å². The Labute approximate surface area is 197 Å². The van der Waals surface area contributed by atoms with Crippen molar-refractivity contribution in [3.8, 4) is 0 Å². The van der Waals surface area contributed by atoms with E-state index in [1.54, 1.807) is 29.1 Å². The number of anilines is 1. The molecule has 0 saturated carbocycles. The van der Waals surface area contributed by atoms with Gasteiger partial charge < -0.3 is 19.4 Å². The summed E-state index contributed by atoms with van der Waals surface area (Å²) in [6.45, 7) is 11.7. The Morgan fingerprint density at radius 1 is 1.29 bits per heavy atom. The van der Waals surface area contributed by atoms with Gasteiger partial charge in [0.1, 0.15) is 24.2 Å². The number of hydrogen-bond acceptors (Lipinski definition) is 10. The minimum atomic E-state index is -1.94. The summed E-state index contributed by atoms with van der Waals surface area (Å²) < 4.78 is 19.5. The third-order valence-corrected chi connectivity index (χ3v) is 20.4. The third-order valence-electron chi connectivity index (χ3n) is 6.14. The van der Waals surface area contributed by atoms with Gasteiger partial charge in [-0.05, 0) is 29.9 Å². The molecule has 0 aromatic carbocycles. The molecule has 2 aliphatic heterocycles. The molecule has 2 aliphatic rings.